The van der Waals surface area contributed by atoms with Crippen LogP contribution in [0.1, 0.15) is 100 Å². The van der Waals surface area contributed by atoms with Gasteiger partial charge < -0.3 is 0 Å². The summed E-state index contributed by atoms with van der Waals surface area (Å²) in [4.78, 5) is 0. The van der Waals surface area contributed by atoms with Crippen LogP contribution in [0.25, 0.3) is 0 Å². The molecule has 6 rings (SSSR count). The maximum atomic E-state index is 2.62. The van der Waals surface area contributed by atoms with E-state index in [1.54, 1.807) is 19.9 Å². The number of hydrogen-bond donors (Lipinski definition) is 0. The predicted molar refractivity (Wildman–Crippen MR) is 276 cm³/mol. The second kappa shape index (κ2) is 23.2. The van der Waals surface area contributed by atoms with Crippen LogP contribution < -0.4 is 19.9 Å². The van der Waals surface area contributed by atoms with Gasteiger partial charge in [0.05, 0.1) is 0 Å². The Morgan fingerprint density at radius 3 is 0.367 bits per heavy atom. The van der Waals surface area contributed by atoms with Crippen LogP contribution in [0, 0.1) is 125 Å². The Kier molecular flexibility index (Phi) is 20.2. The van der Waals surface area contributed by atoms with E-state index in [0.29, 0.717) is 0 Å². The molecule has 0 aliphatic heterocycles. The van der Waals surface area contributed by atoms with Crippen molar-refractivity contribution in [1.29, 1.82) is 0 Å². The molecular formula is C56H72In2Se2. The Hall–Kier alpha value is -1.90. The molecule has 0 aliphatic carbocycles. The third-order valence-electron chi connectivity index (χ3n) is 12.2. The molecule has 0 bridgehead atoms. The number of benzene rings is 6. The standard InChI is InChI=1S/6C9H11.2CH3Se.2In/c6*1-7-4-8(2)6-9(3)5-7;2*1-2;;/h6*4-5H,1-3H3;2*1H3;;. The zero-order chi connectivity index (χ0) is 45.5. The molecule has 314 valence electrons. The predicted octanol–water partition coefficient (Wildman–Crippen LogP) is 10.4. The fraction of sp³-hybridized carbons (Fsp3) is 0.357. The van der Waals surface area contributed by atoms with Crippen molar-refractivity contribution >= 4 is 94.8 Å². The van der Waals surface area contributed by atoms with Crippen molar-refractivity contribution in [3.05, 3.63) is 173 Å². The summed E-state index contributed by atoms with van der Waals surface area (Å²) < 4.78 is 10.1. The quantitative estimate of drug-likeness (QED) is 0.146. The first kappa shape index (κ1) is 52.4. The Morgan fingerprint density at radius 1 is 0.200 bits per heavy atom. The van der Waals surface area contributed by atoms with Crippen LogP contribution in [0.5, 0.6) is 0 Å². The molecule has 0 N–H and O–H groups in total. The van der Waals surface area contributed by atoms with Gasteiger partial charge in [0.15, 0.2) is 0 Å². The Bertz CT molecular complexity index is 1890. The first-order valence-electron chi connectivity index (χ1n) is 21.5. The molecule has 0 aliphatic rings. The monoisotopic (exact) mass is 1130 g/mol. The minimum atomic E-state index is -2.57. The molecule has 0 saturated carbocycles. The van der Waals surface area contributed by atoms with Crippen LogP contribution >= 0.6 is 0 Å². The Balaban J connectivity index is 0.000000296. The fourth-order valence-corrected chi connectivity index (χ4v) is 34.1. The first-order chi connectivity index (χ1) is 28.2. The molecule has 0 aromatic heterocycles. The molecule has 0 spiro atoms. The Labute approximate surface area is 399 Å². The van der Waals surface area contributed by atoms with Crippen LogP contribution in [0.15, 0.2) is 72.8 Å². The third-order valence-corrected chi connectivity index (χ3v) is 37.6. The summed E-state index contributed by atoms with van der Waals surface area (Å²) in [5, 5.41) is 0. The van der Waals surface area contributed by atoms with E-state index in [1.807, 2.05) is 11.6 Å². The van der Waals surface area contributed by atoms with Crippen LogP contribution in [0.4, 0.5) is 0 Å². The van der Waals surface area contributed by atoms with Gasteiger partial charge in [-0.05, 0) is 0 Å². The molecular weight excluding hydrogens is 1060 g/mol. The molecule has 0 heterocycles. The molecule has 0 unspecified atom stereocenters. The zero-order valence-electron chi connectivity index (χ0n) is 40.9. The van der Waals surface area contributed by atoms with E-state index in [-0.39, 0.29) is 0 Å². The van der Waals surface area contributed by atoms with Crippen molar-refractivity contribution in [3.63, 3.8) is 0 Å². The van der Waals surface area contributed by atoms with E-state index in [9.17, 15) is 0 Å². The molecule has 0 nitrogen and oxygen atoms in total. The van der Waals surface area contributed by atoms with E-state index in [0.717, 1.165) is 0 Å². The third kappa shape index (κ3) is 12.2. The normalized spacial score (nSPS) is 10.5. The van der Waals surface area contributed by atoms with Crippen LogP contribution in [-0.2, 0) is 0 Å². The Morgan fingerprint density at radius 2 is 0.283 bits per heavy atom. The number of hydrogen-bond acceptors (Lipinski definition) is 0. The fourth-order valence-electron chi connectivity index (χ4n) is 10.7. The summed E-state index contributed by atoms with van der Waals surface area (Å²) in [6.07, 6.45) is 0. The molecule has 6 aromatic carbocycles. The van der Waals surface area contributed by atoms with E-state index in [4.69, 9.17) is 0 Å². The molecule has 0 atom stereocenters. The average molecular weight is 1130 g/mol. The van der Waals surface area contributed by atoms with Gasteiger partial charge in [0.25, 0.3) is 0 Å². The molecule has 0 saturated heterocycles. The van der Waals surface area contributed by atoms with Crippen molar-refractivity contribution in [2.75, 3.05) is 0 Å². The van der Waals surface area contributed by atoms with E-state index >= 15 is 0 Å². The van der Waals surface area contributed by atoms with E-state index in [1.165, 1.54) is 100 Å². The zero-order valence-corrected chi connectivity index (χ0v) is 50.9. The van der Waals surface area contributed by atoms with Crippen molar-refractivity contribution in [3.8, 4) is 0 Å². The summed E-state index contributed by atoms with van der Waals surface area (Å²) >= 11 is 0.120. The average Bonchev–Trinajstić information content (AvgIpc) is 3.11. The molecule has 0 amide bonds. The van der Waals surface area contributed by atoms with Crippen LogP contribution in [0.3, 0.4) is 0 Å². The summed E-state index contributed by atoms with van der Waals surface area (Å²) in [6.45, 7) is 41.3. The van der Waals surface area contributed by atoms with Gasteiger partial charge in [-0.25, -0.2) is 0 Å². The van der Waals surface area contributed by atoms with Gasteiger partial charge in [-0.1, -0.05) is 0 Å². The number of rotatable bonds is 6. The van der Waals surface area contributed by atoms with Gasteiger partial charge in [-0.2, -0.15) is 0 Å². The molecule has 0 fully saturated rings. The van der Waals surface area contributed by atoms with E-state index in [2.05, 4.69) is 229 Å². The second-order valence-electron chi connectivity index (χ2n) is 17.7. The second-order valence-corrected chi connectivity index (χ2v) is 32.6. The minimum absolute atomic E-state index is 1.37. The maximum absolute atomic E-state index is 2.62. The summed E-state index contributed by atoms with van der Waals surface area (Å²) in [7, 11) is 0. The van der Waals surface area contributed by atoms with Gasteiger partial charge >= 0.3 is 404 Å². The molecule has 4 heteroatoms. The van der Waals surface area contributed by atoms with Crippen LogP contribution in [-0.4, -0.2) is 74.9 Å². The molecule has 2 radical (unpaired) electrons. The van der Waals surface area contributed by atoms with Crippen molar-refractivity contribution < 1.29 is 0 Å². The summed E-state index contributed by atoms with van der Waals surface area (Å²) in [5.41, 5.74) is 26.0. The van der Waals surface area contributed by atoms with Gasteiger partial charge in [0, 0.05) is 0 Å². The molecule has 60 heavy (non-hydrogen) atoms. The molecule has 6 aromatic rings. The van der Waals surface area contributed by atoms with Crippen molar-refractivity contribution in [2.24, 2.45) is 0 Å². The van der Waals surface area contributed by atoms with Gasteiger partial charge in [-0.3, -0.25) is 0 Å². The number of aryl methyl sites for hydroxylation is 18. The van der Waals surface area contributed by atoms with Gasteiger partial charge in [0.2, 0.25) is 0 Å². The summed E-state index contributed by atoms with van der Waals surface area (Å²) in [5.74, 6) is 3.75. The van der Waals surface area contributed by atoms with Gasteiger partial charge in [0.1, 0.15) is 0 Å². The summed E-state index contributed by atoms with van der Waals surface area (Å²) in [6, 6.07) is 28.7. The van der Waals surface area contributed by atoms with E-state index < -0.39 is 42.9 Å². The van der Waals surface area contributed by atoms with Crippen LogP contribution in [0.2, 0.25) is 11.6 Å². The first-order valence-corrected chi connectivity index (χ1v) is 34.8. The topological polar surface area (TPSA) is 0 Å². The SMILES string of the molecule is C[Se].C[Se].Cc1cc(C)[c]([In]([c]2c(C)cc(C)cc2C)[c]2c(C)cc(C)cc2C)c(C)c1.Cc1cc(C)[c]([In]([c]2c(C)cc(C)cc2C)[c]2c(C)cc(C)cc2C)c(C)c1. The van der Waals surface area contributed by atoms with Crippen molar-refractivity contribution in [1.82, 2.24) is 0 Å². The van der Waals surface area contributed by atoms with Gasteiger partial charge in [-0.15, -0.1) is 0 Å². The van der Waals surface area contributed by atoms with Crippen molar-refractivity contribution in [2.45, 2.75) is 136 Å².